The van der Waals surface area contributed by atoms with Gasteiger partial charge in [-0.3, -0.25) is 9.69 Å². The first-order valence-corrected chi connectivity index (χ1v) is 7.87. The molecule has 1 aromatic rings. The second-order valence-electron chi connectivity index (χ2n) is 5.77. The fraction of sp³-hybridized carbons (Fsp3) is 0.588. The van der Waals surface area contributed by atoms with E-state index >= 15 is 0 Å². The molecule has 3 rings (SSSR count). The Morgan fingerprint density at radius 3 is 2.95 bits per heavy atom. The molecule has 1 aliphatic heterocycles. The number of fused-ring (bicyclic) bond motifs is 1. The number of benzene rings is 1. The molecule has 0 amide bonds. The van der Waals surface area contributed by atoms with Gasteiger partial charge >= 0.3 is 5.97 Å². The van der Waals surface area contributed by atoms with Crippen LogP contribution >= 0.6 is 0 Å². The van der Waals surface area contributed by atoms with Gasteiger partial charge in [-0.25, -0.2) is 0 Å². The summed E-state index contributed by atoms with van der Waals surface area (Å²) in [5, 5.41) is 0. The molecule has 1 heterocycles. The van der Waals surface area contributed by atoms with E-state index in [2.05, 4.69) is 29.2 Å². The Hall–Kier alpha value is -1.39. The van der Waals surface area contributed by atoms with E-state index in [9.17, 15) is 4.79 Å². The first-order valence-electron chi connectivity index (χ1n) is 7.87. The minimum Gasteiger partial charge on any atom is -0.465 e. The number of ether oxygens (including phenoxy) is 2. The molecule has 1 saturated carbocycles. The highest BCUT2D eigenvalue weighted by Gasteiger charge is 2.33. The predicted molar refractivity (Wildman–Crippen MR) is 80.1 cm³/mol. The van der Waals surface area contributed by atoms with E-state index in [1.165, 1.54) is 24.0 Å². The Morgan fingerprint density at radius 2 is 2.19 bits per heavy atom. The van der Waals surface area contributed by atoms with Crippen molar-refractivity contribution in [2.45, 2.75) is 38.3 Å². The fourth-order valence-electron chi connectivity index (χ4n) is 3.00. The summed E-state index contributed by atoms with van der Waals surface area (Å²) >= 11 is 0. The molecule has 1 aliphatic carbocycles. The zero-order valence-electron chi connectivity index (χ0n) is 12.6. The van der Waals surface area contributed by atoms with Gasteiger partial charge in [-0.2, -0.15) is 0 Å². The van der Waals surface area contributed by atoms with Gasteiger partial charge in [0, 0.05) is 12.6 Å². The molecular formula is C17H23NO3. The van der Waals surface area contributed by atoms with Gasteiger partial charge in [0.1, 0.15) is 0 Å². The van der Waals surface area contributed by atoms with Crippen molar-refractivity contribution in [2.24, 2.45) is 0 Å². The zero-order chi connectivity index (χ0) is 14.7. The van der Waals surface area contributed by atoms with Gasteiger partial charge in [0.05, 0.1) is 25.9 Å². The van der Waals surface area contributed by atoms with Crippen molar-refractivity contribution in [3.8, 4) is 0 Å². The molecule has 1 unspecified atom stereocenters. The van der Waals surface area contributed by atoms with Crippen molar-refractivity contribution in [2.75, 3.05) is 26.3 Å². The highest BCUT2D eigenvalue weighted by Crippen LogP contribution is 2.32. The Labute approximate surface area is 126 Å². The molecule has 0 spiro atoms. The second kappa shape index (κ2) is 6.58. The maximum atomic E-state index is 11.8. The number of carbonyl (C=O) groups is 1. The third-order valence-electron chi connectivity index (χ3n) is 4.19. The summed E-state index contributed by atoms with van der Waals surface area (Å²) in [7, 11) is 0. The van der Waals surface area contributed by atoms with Gasteiger partial charge in [0.25, 0.3) is 0 Å². The third-order valence-corrected chi connectivity index (χ3v) is 4.19. The highest BCUT2D eigenvalue weighted by atomic mass is 16.5. The number of rotatable bonds is 6. The number of esters is 1. The van der Waals surface area contributed by atoms with Crippen LogP contribution in [0.2, 0.25) is 0 Å². The van der Waals surface area contributed by atoms with Crippen molar-refractivity contribution in [1.29, 1.82) is 0 Å². The van der Waals surface area contributed by atoms with E-state index in [0.717, 1.165) is 19.6 Å². The van der Waals surface area contributed by atoms with Crippen LogP contribution in [-0.2, 0) is 20.7 Å². The molecule has 21 heavy (non-hydrogen) atoms. The van der Waals surface area contributed by atoms with Crippen molar-refractivity contribution in [1.82, 2.24) is 4.90 Å². The predicted octanol–water partition coefficient (Wildman–Crippen LogP) is 2.33. The molecule has 1 fully saturated rings. The molecule has 0 radical (unpaired) electrons. The quantitative estimate of drug-likeness (QED) is 0.753. The lowest BCUT2D eigenvalue weighted by molar-refractivity contribution is -0.145. The lowest BCUT2D eigenvalue weighted by Gasteiger charge is -2.31. The number of carbonyl (C=O) groups excluding carboxylic acids is 1. The molecule has 0 bridgehead atoms. The Balaban J connectivity index is 1.67. The summed E-state index contributed by atoms with van der Waals surface area (Å²) in [4.78, 5) is 14.0. The summed E-state index contributed by atoms with van der Waals surface area (Å²) in [6.07, 6.45) is 3.40. The van der Waals surface area contributed by atoms with Gasteiger partial charge in [-0.15, -0.1) is 0 Å². The van der Waals surface area contributed by atoms with Gasteiger partial charge < -0.3 is 9.47 Å². The van der Waals surface area contributed by atoms with E-state index in [4.69, 9.17) is 9.47 Å². The molecule has 0 saturated heterocycles. The van der Waals surface area contributed by atoms with Crippen LogP contribution in [-0.4, -0.2) is 43.2 Å². The SMILES string of the molecule is CCOC(=O)CN(CC1OCCc2ccccc21)C1CC1. The standard InChI is InChI=1S/C17H23NO3/c1-2-20-17(19)12-18(14-7-8-14)11-16-15-6-4-3-5-13(15)9-10-21-16/h3-6,14,16H,2,7-12H2,1H3. The Bertz CT molecular complexity index is 499. The maximum Gasteiger partial charge on any atom is 0.320 e. The van der Waals surface area contributed by atoms with Gasteiger partial charge in [0.2, 0.25) is 0 Å². The molecule has 2 aliphatic rings. The van der Waals surface area contributed by atoms with Crippen LogP contribution in [0.5, 0.6) is 0 Å². The third kappa shape index (κ3) is 3.63. The van der Waals surface area contributed by atoms with Crippen LogP contribution < -0.4 is 0 Å². The van der Waals surface area contributed by atoms with E-state index in [0.29, 0.717) is 19.2 Å². The molecule has 1 atom stereocenters. The van der Waals surface area contributed by atoms with Gasteiger partial charge in [0.15, 0.2) is 0 Å². The fourth-order valence-corrected chi connectivity index (χ4v) is 3.00. The lowest BCUT2D eigenvalue weighted by Crippen LogP contribution is -2.38. The molecule has 4 nitrogen and oxygen atoms in total. The molecule has 4 heteroatoms. The van der Waals surface area contributed by atoms with Crippen LogP contribution in [0.1, 0.15) is 37.0 Å². The minimum atomic E-state index is -0.131. The van der Waals surface area contributed by atoms with E-state index in [1.807, 2.05) is 6.92 Å². The molecular weight excluding hydrogens is 266 g/mol. The first kappa shape index (κ1) is 14.5. The summed E-state index contributed by atoms with van der Waals surface area (Å²) in [6, 6.07) is 8.99. The van der Waals surface area contributed by atoms with Crippen molar-refractivity contribution >= 4 is 5.97 Å². The van der Waals surface area contributed by atoms with Crippen molar-refractivity contribution in [3.63, 3.8) is 0 Å². The number of hydrogen-bond donors (Lipinski definition) is 0. The first-order chi connectivity index (χ1) is 10.3. The van der Waals surface area contributed by atoms with Crippen LogP contribution in [0.3, 0.4) is 0 Å². The lowest BCUT2D eigenvalue weighted by atomic mass is 9.97. The van der Waals surface area contributed by atoms with Crippen LogP contribution in [0, 0.1) is 0 Å². The molecule has 0 aromatic heterocycles. The second-order valence-corrected chi connectivity index (χ2v) is 5.77. The highest BCUT2D eigenvalue weighted by molar-refractivity contribution is 5.71. The van der Waals surface area contributed by atoms with Crippen LogP contribution in [0.4, 0.5) is 0 Å². The molecule has 114 valence electrons. The average molecular weight is 289 g/mol. The summed E-state index contributed by atoms with van der Waals surface area (Å²) in [6.45, 7) is 4.21. The zero-order valence-corrected chi connectivity index (χ0v) is 12.6. The van der Waals surface area contributed by atoms with Gasteiger partial charge in [-0.05, 0) is 37.3 Å². The topological polar surface area (TPSA) is 38.8 Å². The average Bonchev–Trinajstić information content (AvgIpc) is 3.32. The largest absolute Gasteiger partial charge is 0.465 e. The van der Waals surface area contributed by atoms with Crippen LogP contribution in [0.15, 0.2) is 24.3 Å². The summed E-state index contributed by atoms with van der Waals surface area (Å²) in [5.74, 6) is -0.131. The smallest absolute Gasteiger partial charge is 0.320 e. The monoisotopic (exact) mass is 289 g/mol. The summed E-state index contributed by atoms with van der Waals surface area (Å²) < 4.78 is 11.0. The Kier molecular flexibility index (Phi) is 4.56. The minimum absolute atomic E-state index is 0.0741. The van der Waals surface area contributed by atoms with Crippen LogP contribution in [0.25, 0.3) is 0 Å². The number of hydrogen-bond acceptors (Lipinski definition) is 4. The van der Waals surface area contributed by atoms with Crippen molar-refractivity contribution < 1.29 is 14.3 Å². The Morgan fingerprint density at radius 1 is 1.38 bits per heavy atom. The van der Waals surface area contributed by atoms with E-state index in [1.54, 1.807) is 0 Å². The van der Waals surface area contributed by atoms with Gasteiger partial charge in [-0.1, -0.05) is 24.3 Å². The van der Waals surface area contributed by atoms with E-state index < -0.39 is 0 Å². The maximum absolute atomic E-state index is 11.8. The normalized spacial score (nSPS) is 21.1. The van der Waals surface area contributed by atoms with Crippen molar-refractivity contribution in [3.05, 3.63) is 35.4 Å². The molecule has 0 N–H and O–H groups in total. The molecule has 1 aromatic carbocycles. The van der Waals surface area contributed by atoms with E-state index in [-0.39, 0.29) is 12.1 Å². The summed E-state index contributed by atoms with van der Waals surface area (Å²) in [5.41, 5.74) is 2.65. The number of nitrogens with zero attached hydrogens (tertiary/aromatic N) is 1.